The minimum atomic E-state index is -0.384. The van der Waals surface area contributed by atoms with Crippen LogP contribution in [0.15, 0.2) is 18.2 Å². The van der Waals surface area contributed by atoms with E-state index in [1.165, 1.54) is 19.2 Å². The van der Waals surface area contributed by atoms with Crippen LogP contribution in [-0.4, -0.2) is 33.7 Å². The van der Waals surface area contributed by atoms with Gasteiger partial charge in [-0.3, -0.25) is 0 Å². The van der Waals surface area contributed by atoms with Gasteiger partial charge < -0.3 is 19.5 Å². The Hall–Kier alpha value is -1.33. The molecule has 1 unspecified atom stereocenters. The molecular formula is C12H18FNO3. The molecule has 1 aromatic rings. The molecule has 0 amide bonds. The molecule has 0 fully saturated rings. The highest BCUT2D eigenvalue weighted by Crippen LogP contribution is 2.26. The lowest BCUT2D eigenvalue weighted by molar-refractivity contribution is -0.109. The van der Waals surface area contributed by atoms with Crippen LogP contribution in [0.1, 0.15) is 6.92 Å². The lowest BCUT2D eigenvalue weighted by Gasteiger charge is -2.24. The smallest absolute Gasteiger partial charge is 0.176 e. The van der Waals surface area contributed by atoms with Gasteiger partial charge in [-0.2, -0.15) is 0 Å². The zero-order valence-corrected chi connectivity index (χ0v) is 10.5. The first kappa shape index (κ1) is 13.7. The first-order valence-electron chi connectivity index (χ1n) is 5.28. The normalized spacial score (nSPS) is 12.6. The molecule has 5 heteroatoms. The predicted octanol–water partition coefficient (Wildman–Crippen LogP) is 2.25. The molecule has 1 rings (SSSR count). The second kappa shape index (κ2) is 6.42. The quantitative estimate of drug-likeness (QED) is 0.778. The van der Waals surface area contributed by atoms with Gasteiger partial charge in [0.15, 0.2) is 6.29 Å². The van der Waals surface area contributed by atoms with Crippen LogP contribution in [-0.2, 0) is 9.47 Å². The first-order valence-corrected chi connectivity index (χ1v) is 5.28. The van der Waals surface area contributed by atoms with Gasteiger partial charge in [-0.15, -0.1) is 0 Å². The molecule has 1 N–H and O–H groups in total. The SMILES string of the molecule is COc1cc(F)ccc1NC(C)C(OC)OC. The molecule has 0 saturated carbocycles. The molecule has 0 spiro atoms. The molecule has 0 bridgehead atoms. The van der Waals surface area contributed by atoms with Crippen LogP contribution in [0.3, 0.4) is 0 Å². The minimum Gasteiger partial charge on any atom is -0.494 e. The van der Waals surface area contributed by atoms with Crippen LogP contribution in [0.4, 0.5) is 10.1 Å². The summed E-state index contributed by atoms with van der Waals surface area (Å²) in [7, 11) is 4.62. The Morgan fingerprint density at radius 2 is 1.82 bits per heavy atom. The van der Waals surface area contributed by atoms with Crippen LogP contribution in [0.5, 0.6) is 5.75 Å². The van der Waals surface area contributed by atoms with Gasteiger partial charge in [0.2, 0.25) is 0 Å². The highest BCUT2D eigenvalue weighted by molar-refractivity contribution is 5.57. The summed E-state index contributed by atoms with van der Waals surface area (Å²) in [4.78, 5) is 0. The van der Waals surface area contributed by atoms with E-state index in [0.29, 0.717) is 11.4 Å². The Morgan fingerprint density at radius 1 is 1.18 bits per heavy atom. The Balaban J connectivity index is 2.80. The van der Waals surface area contributed by atoms with Gasteiger partial charge in [0.05, 0.1) is 18.8 Å². The van der Waals surface area contributed by atoms with Crippen molar-refractivity contribution in [3.05, 3.63) is 24.0 Å². The number of hydrogen-bond acceptors (Lipinski definition) is 4. The van der Waals surface area contributed by atoms with Crippen molar-refractivity contribution in [3.8, 4) is 5.75 Å². The topological polar surface area (TPSA) is 39.7 Å². The maximum atomic E-state index is 13.0. The first-order chi connectivity index (χ1) is 8.12. The molecule has 0 radical (unpaired) electrons. The van der Waals surface area contributed by atoms with Crippen molar-refractivity contribution < 1.29 is 18.6 Å². The maximum Gasteiger partial charge on any atom is 0.176 e. The fraction of sp³-hybridized carbons (Fsp3) is 0.500. The van der Waals surface area contributed by atoms with E-state index >= 15 is 0 Å². The fourth-order valence-corrected chi connectivity index (χ4v) is 1.60. The molecule has 0 aliphatic heterocycles. The Kier molecular flexibility index (Phi) is 5.18. The second-order valence-electron chi connectivity index (χ2n) is 3.62. The largest absolute Gasteiger partial charge is 0.494 e. The van der Waals surface area contributed by atoms with Gasteiger partial charge in [0, 0.05) is 20.3 Å². The fourth-order valence-electron chi connectivity index (χ4n) is 1.60. The van der Waals surface area contributed by atoms with Crippen LogP contribution < -0.4 is 10.1 Å². The van der Waals surface area contributed by atoms with Gasteiger partial charge >= 0.3 is 0 Å². The van der Waals surface area contributed by atoms with Crippen LogP contribution in [0, 0.1) is 5.82 Å². The monoisotopic (exact) mass is 243 g/mol. The zero-order valence-electron chi connectivity index (χ0n) is 10.5. The summed E-state index contributed by atoms with van der Waals surface area (Å²) < 4.78 is 28.4. The van der Waals surface area contributed by atoms with E-state index in [4.69, 9.17) is 14.2 Å². The lowest BCUT2D eigenvalue weighted by Crippen LogP contribution is -2.33. The summed E-state index contributed by atoms with van der Waals surface area (Å²) in [6.45, 7) is 1.90. The number of benzene rings is 1. The highest BCUT2D eigenvalue weighted by Gasteiger charge is 2.17. The zero-order chi connectivity index (χ0) is 12.8. The van der Waals surface area contributed by atoms with E-state index in [1.807, 2.05) is 6.92 Å². The molecule has 0 aliphatic carbocycles. The van der Waals surface area contributed by atoms with Crippen LogP contribution >= 0.6 is 0 Å². The summed E-state index contributed by atoms with van der Waals surface area (Å²) in [5.74, 6) is 0.109. The molecule has 17 heavy (non-hydrogen) atoms. The molecule has 96 valence electrons. The van der Waals surface area contributed by atoms with Gasteiger partial charge in [0.1, 0.15) is 11.6 Å². The molecule has 4 nitrogen and oxygen atoms in total. The number of ether oxygens (including phenoxy) is 3. The van der Waals surface area contributed by atoms with Crippen molar-refractivity contribution in [2.24, 2.45) is 0 Å². The van der Waals surface area contributed by atoms with Crippen LogP contribution in [0.2, 0.25) is 0 Å². The van der Waals surface area contributed by atoms with E-state index in [0.717, 1.165) is 0 Å². The minimum absolute atomic E-state index is 0.0932. The summed E-state index contributed by atoms with van der Waals surface area (Å²) in [5.41, 5.74) is 0.695. The number of nitrogens with one attached hydrogen (secondary N) is 1. The van der Waals surface area contributed by atoms with E-state index in [2.05, 4.69) is 5.32 Å². The van der Waals surface area contributed by atoms with Gasteiger partial charge in [0.25, 0.3) is 0 Å². The molecule has 0 aromatic heterocycles. The molecule has 0 saturated heterocycles. The van der Waals surface area contributed by atoms with Gasteiger partial charge in [-0.05, 0) is 19.1 Å². The third-order valence-electron chi connectivity index (χ3n) is 2.42. The van der Waals surface area contributed by atoms with E-state index in [9.17, 15) is 4.39 Å². The van der Waals surface area contributed by atoms with Crippen molar-refractivity contribution in [1.29, 1.82) is 0 Å². The van der Waals surface area contributed by atoms with Gasteiger partial charge in [-0.1, -0.05) is 0 Å². The highest BCUT2D eigenvalue weighted by atomic mass is 19.1. The molecule has 1 atom stereocenters. The van der Waals surface area contributed by atoms with Crippen LogP contribution in [0.25, 0.3) is 0 Å². The maximum absolute atomic E-state index is 13.0. The van der Waals surface area contributed by atoms with E-state index in [-0.39, 0.29) is 18.1 Å². The molecular weight excluding hydrogens is 225 g/mol. The summed E-state index contributed by atoms with van der Waals surface area (Å²) >= 11 is 0. The Bertz CT molecular complexity index is 356. The third kappa shape index (κ3) is 3.57. The Labute approximate surface area is 101 Å². The standard InChI is InChI=1S/C12H18FNO3/c1-8(12(16-3)17-4)14-10-6-5-9(13)7-11(10)15-2/h5-8,12,14H,1-4H3. The summed E-state index contributed by atoms with van der Waals surface area (Å²) in [6.07, 6.45) is -0.384. The molecule has 1 aromatic carbocycles. The summed E-state index contributed by atoms with van der Waals surface area (Å²) in [5, 5.41) is 3.15. The molecule has 0 aliphatic rings. The van der Waals surface area contributed by atoms with Crippen molar-refractivity contribution >= 4 is 5.69 Å². The van der Waals surface area contributed by atoms with Crippen molar-refractivity contribution in [1.82, 2.24) is 0 Å². The number of hydrogen-bond donors (Lipinski definition) is 1. The van der Waals surface area contributed by atoms with Crippen molar-refractivity contribution in [2.45, 2.75) is 19.3 Å². The molecule has 0 heterocycles. The average Bonchev–Trinajstić information content (AvgIpc) is 2.33. The second-order valence-corrected chi connectivity index (χ2v) is 3.62. The van der Waals surface area contributed by atoms with Crippen molar-refractivity contribution in [2.75, 3.05) is 26.6 Å². The van der Waals surface area contributed by atoms with E-state index in [1.54, 1.807) is 20.3 Å². The summed E-state index contributed by atoms with van der Waals surface area (Å²) in [6, 6.07) is 4.22. The van der Waals surface area contributed by atoms with Gasteiger partial charge in [-0.25, -0.2) is 4.39 Å². The number of rotatable bonds is 6. The number of halogens is 1. The van der Waals surface area contributed by atoms with E-state index < -0.39 is 0 Å². The van der Waals surface area contributed by atoms with Crippen molar-refractivity contribution in [3.63, 3.8) is 0 Å². The third-order valence-corrected chi connectivity index (χ3v) is 2.42. The Morgan fingerprint density at radius 3 is 2.35 bits per heavy atom. The average molecular weight is 243 g/mol. The lowest BCUT2D eigenvalue weighted by atomic mass is 10.2. The number of anilines is 1. The predicted molar refractivity (Wildman–Crippen MR) is 63.8 cm³/mol. The number of methoxy groups -OCH3 is 3.